The molecule has 0 saturated heterocycles. The molecule has 0 radical (unpaired) electrons. The Morgan fingerprint density at radius 3 is 2.55 bits per heavy atom. The molecule has 1 aromatic rings. The standard InChI is InChI=1S/C12H15ClN2O5/c1-6(16)10(11(17)18)15-12(19)14-8-5-7(13)3-4-9(8)20-2/h3-6,10,16H,1-2H3,(H,17,18)(H2,14,15,19). The summed E-state index contributed by atoms with van der Waals surface area (Å²) >= 11 is 5.80. The largest absolute Gasteiger partial charge is 0.495 e. The second kappa shape index (κ2) is 6.97. The van der Waals surface area contributed by atoms with E-state index in [0.717, 1.165) is 0 Å². The fraction of sp³-hybridized carbons (Fsp3) is 0.333. The third kappa shape index (κ3) is 4.29. The summed E-state index contributed by atoms with van der Waals surface area (Å²) < 4.78 is 5.03. The zero-order valence-corrected chi connectivity index (χ0v) is 11.6. The number of halogens is 1. The van der Waals surface area contributed by atoms with E-state index in [-0.39, 0.29) is 5.69 Å². The molecule has 0 aromatic heterocycles. The van der Waals surface area contributed by atoms with E-state index in [9.17, 15) is 14.7 Å². The molecular weight excluding hydrogens is 288 g/mol. The summed E-state index contributed by atoms with van der Waals surface area (Å²) in [5.41, 5.74) is 0.284. The van der Waals surface area contributed by atoms with Gasteiger partial charge in [-0.05, 0) is 25.1 Å². The van der Waals surface area contributed by atoms with Crippen LogP contribution in [0.1, 0.15) is 6.92 Å². The van der Waals surface area contributed by atoms with Gasteiger partial charge in [-0.25, -0.2) is 9.59 Å². The normalized spacial score (nSPS) is 13.2. The van der Waals surface area contributed by atoms with Gasteiger partial charge in [0.05, 0.1) is 18.9 Å². The van der Waals surface area contributed by atoms with Crippen LogP contribution < -0.4 is 15.4 Å². The minimum atomic E-state index is -1.42. The fourth-order valence-corrected chi connectivity index (χ4v) is 1.64. The number of aliphatic carboxylic acids is 1. The Morgan fingerprint density at radius 1 is 1.40 bits per heavy atom. The molecule has 2 atom stereocenters. The predicted molar refractivity (Wildman–Crippen MR) is 73.3 cm³/mol. The van der Waals surface area contributed by atoms with Crippen molar-refractivity contribution >= 4 is 29.3 Å². The predicted octanol–water partition coefficient (Wildman–Crippen LogP) is 1.30. The number of ether oxygens (including phenoxy) is 1. The van der Waals surface area contributed by atoms with Crippen molar-refractivity contribution in [3.8, 4) is 5.75 Å². The van der Waals surface area contributed by atoms with Gasteiger partial charge in [0.2, 0.25) is 0 Å². The molecule has 0 aliphatic rings. The number of hydrogen-bond donors (Lipinski definition) is 4. The van der Waals surface area contributed by atoms with Crippen LogP contribution in [0.5, 0.6) is 5.75 Å². The van der Waals surface area contributed by atoms with E-state index < -0.39 is 24.1 Å². The fourth-order valence-electron chi connectivity index (χ4n) is 1.47. The van der Waals surface area contributed by atoms with E-state index >= 15 is 0 Å². The Kier molecular flexibility index (Phi) is 5.60. The van der Waals surface area contributed by atoms with Gasteiger partial charge in [-0.3, -0.25) is 0 Å². The van der Waals surface area contributed by atoms with Crippen LogP contribution in [0.3, 0.4) is 0 Å². The first-order valence-corrected chi connectivity index (χ1v) is 6.05. The van der Waals surface area contributed by atoms with Crippen molar-refractivity contribution in [1.82, 2.24) is 5.32 Å². The number of carbonyl (C=O) groups excluding carboxylic acids is 1. The third-order valence-electron chi connectivity index (χ3n) is 2.44. The molecule has 0 saturated carbocycles. The molecule has 7 nitrogen and oxygen atoms in total. The van der Waals surface area contributed by atoms with E-state index in [4.69, 9.17) is 21.4 Å². The van der Waals surface area contributed by atoms with Gasteiger partial charge in [0.25, 0.3) is 0 Å². The number of aliphatic hydroxyl groups excluding tert-OH is 1. The lowest BCUT2D eigenvalue weighted by Crippen LogP contribution is -2.49. The van der Waals surface area contributed by atoms with E-state index in [0.29, 0.717) is 10.8 Å². The summed E-state index contributed by atoms with van der Waals surface area (Å²) in [6.07, 6.45) is -1.24. The van der Waals surface area contributed by atoms with Crippen LogP contribution >= 0.6 is 11.6 Å². The number of carboxylic acids is 1. The Hall–Kier alpha value is -1.99. The molecular formula is C12H15ClN2O5. The van der Waals surface area contributed by atoms with E-state index in [1.165, 1.54) is 20.1 Å². The molecule has 20 heavy (non-hydrogen) atoms. The number of rotatable bonds is 5. The number of carbonyl (C=O) groups is 2. The molecule has 4 N–H and O–H groups in total. The average Bonchev–Trinajstić information content (AvgIpc) is 2.35. The molecule has 0 aliphatic carbocycles. The number of amides is 2. The number of nitrogens with one attached hydrogen (secondary N) is 2. The molecule has 110 valence electrons. The highest BCUT2D eigenvalue weighted by Gasteiger charge is 2.25. The molecule has 1 aromatic carbocycles. The zero-order chi connectivity index (χ0) is 15.3. The van der Waals surface area contributed by atoms with E-state index in [1.54, 1.807) is 12.1 Å². The lowest BCUT2D eigenvalue weighted by Gasteiger charge is -2.18. The summed E-state index contributed by atoms with van der Waals surface area (Å²) in [6, 6.07) is 2.39. The second-order valence-electron chi connectivity index (χ2n) is 4.00. The highest BCUT2D eigenvalue weighted by atomic mass is 35.5. The number of methoxy groups -OCH3 is 1. The number of aliphatic hydroxyl groups is 1. The van der Waals surface area contributed by atoms with Crippen molar-refractivity contribution in [3.05, 3.63) is 23.2 Å². The number of urea groups is 1. The monoisotopic (exact) mass is 302 g/mol. The van der Waals surface area contributed by atoms with Gasteiger partial charge in [0.1, 0.15) is 5.75 Å². The first-order chi connectivity index (χ1) is 9.35. The first kappa shape index (κ1) is 16.1. The highest BCUT2D eigenvalue weighted by Crippen LogP contribution is 2.27. The van der Waals surface area contributed by atoms with Crippen LogP contribution in [-0.2, 0) is 4.79 Å². The summed E-state index contributed by atoms with van der Waals surface area (Å²) in [4.78, 5) is 22.6. The van der Waals surface area contributed by atoms with Crippen molar-refractivity contribution < 1.29 is 24.5 Å². The first-order valence-electron chi connectivity index (χ1n) is 5.67. The maximum atomic E-state index is 11.7. The van der Waals surface area contributed by atoms with E-state index in [2.05, 4.69) is 10.6 Å². The Balaban J connectivity index is 2.80. The maximum Gasteiger partial charge on any atom is 0.328 e. The Morgan fingerprint density at radius 2 is 2.05 bits per heavy atom. The average molecular weight is 303 g/mol. The number of hydrogen-bond acceptors (Lipinski definition) is 4. The number of anilines is 1. The Labute approximate surface area is 120 Å². The lowest BCUT2D eigenvalue weighted by molar-refractivity contribution is -0.141. The molecule has 0 aliphatic heterocycles. The van der Waals surface area contributed by atoms with Crippen LogP contribution in [0.15, 0.2) is 18.2 Å². The smallest absolute Gasteiger partial charge is 0.328 e. The van der Waals surface area contributed by atoms with Gasteiger partial charge < -0.3 is 25.6 Å². The summed E-state index contributed by atoms with van der Waals surface area (Å²) in [7, 11) is 1.42. The molecule has 1 rings (SSSR count). The van der Waals surface area contributed by atoms with Gasteiger partial charge in [0.15, 0.2) is 6.04 Å². The van der Waals surface area contributed by atoms with Gasteiger partial charge in [0, 0.05) is 5.02 Å². The molecule has 0 fully saturated rings. The third-order valence-corrected chi connectivity index (χ3v) is 2.68. The highest BCUT2D eigenvalue weighted by molar-refractivity contribution is 6.31. The van der Waals surface area contributed by atoms with Crippen molar-refractivity contribution in [1.29, 1.82) is 0 Å². The van der Waals surface area contributed by atoms with Crippen LogP contribution in [0, 0.1) is 0 Å². The second-order valence-corrected chi connectivity index (χ2v) is 4.44. The van der Waals surface area contributed by atoms with Gasteiger partial charge in [-0.15, -0.1) is 0 Å². The topological polar surface area (TPSA) is 108 Å². The van der Waals surface area contributed by atoms with Crippen LogP contribution in [0.25, 0.3) is 0 Å². The number of carboxylic acid groups (broad SMARTS) is 1. The molecule has 0 heterocycles. The molecule has 2 amide bonds. The van der Waals surface area contributed by atoms with E-state index in [1.807, 2.05) is 0 Å². The van der Waals surface area contributed by atoms with Crippen LogP contribution in [0.4, 0.5) is 10.5 Å². The number of benzene rings is 1. The molecule has 0 spiro atoms. The summed E-state index contributed by atoms with van der Waals surface area (Å²) in [6.45, 7) is 1.26. The SMILES string of the molecule is COc1ccc(Cl)cc1NC(=O)NC(C(=O)O)C(C)O. The zero-order valence-electron chi connectivity index (χ0n) is 10.9. The molecule has 2 unspecified atom stereocenters. The molecule has 8 heteroatoms. The van der Waals surface area contributed by atoms with Crippen LogP contribution in [-0.4, -0.2) is 41.5 Å². The Bertz CT molecular complexity index is 507. The maximum absolute atomic E-state index is 11.7. The quantitative estimate of drug-likeness (QED) is 0.656. The van der Waals surface area contributed by atoms with Crippen molar-refractivity contribution in [2.45, 2.75) is 19.1 Å². The van der Waals surface area contributed by atoms with Crippen molar-refractivity contribution in [2.24, 2.45) is 0 Å². The van der Waals surface area contributed by atoms with Crippen molar-refractivity contribution in [2.75, 3.05) is 12.4 Å². The lowest BCUT2D eigenvalue weighted by atomic mass is 10.2. The van der Waals surface area contributed by atoms with Gasteiger partial charge >= 0.3 is 12.0 Å². The van der Waals surface area contributed by atoms with Crippen LogP contribution in [0.2, 0.25) is 5.02 Å². The molecule has 0 bridgehead atoms. The van der Waals surface area contributed by atoms with Gasteiger partial charge in [-0.1, -0.05) is 11.6 Å². The summed E-state index contributed by atoms with van der Waals surface area (Å²) in [5, 5.41) is 23.1. The summed E-state index contributed by atoms with van der Waals surface area (Å²) in [5.74, 6) is -0.971. The van der Waals surface area contributed by atoms with Crippen molar-refractivity contribution in [3.63, 3.8) is 0 Å². The minimum Gasteiger partial charge on any atom is -0.495 e. The minimum absolute atomic E-state index is 0.284. The van der Waals surface area contributed by atoms with Gasteiger partial charge in [-0.2, -0.15) is 0 Å².